The zero-order valence-corrected chi connectivity index (χ0v) is 14.7. The van der Waals surface area contributed by atoms with Crippen molar-refractivity contribution in [3.63, 3.8) is 0 Å². The zero-order chi connectivity index (χ0) is 15.0. The van der Waals surface area contributed by atoms with Crippen LogP contribution in [-0.4, -0.2) is 37.6 Å². The third-order valence-corrected chi connectivity index (χ3v) is 5.29. The summed E-state index contributed by atoms with van der Waals surface area (Å²) in [6.45, 7) is 13.3. The highest BCUT2D eigenvalue weighted by Crippen LogP contribution is 2.40. The molecule has 0 aromatic carbocycles. The van der Waals surface area contributed by atoms with E-state index in [2.05, 4.69) is 45.0 Å². The monoisotopic (exact) mass is 282 g/mol. The van der Waals surface area contributed by atoms with Crippen LogP contribution in [0.25, 0.3) is 0 Å². The molecule has 0 saturated heterocycles. The molecule has 1 saturated carbocycles. The van der Waals surface area contributed by atoms with E-state index in [0.717, 1.165) is 12.0 Å². The van der Waals surface area contributed by atoms with Gasteiger partial charge < -0.3 is 10.2 Å². The van der Waals surface area contributed by atoms with Crippen LogP contribution in [0.5, 0.6) is 0 Å². The fourth-order valence-corrected chi connectivity index (χ4v) is 4.01. The van der Waals surface area contributed by atoms with Crippen LogP contribution in [0.1, 0.15) is 72.6 Å². The maximum absolute atomic E-state index is 3.49. The van der Waals surface area contributed by atoms with Crippen LogP contribution in [0.2, 0.25) is 0 Å². The summed E-state index contributed by atoms with van der Waals surface area (Å²) in [5.41, 5.74) is 0.517. The fraction of sp³-hybridized carbons (Fsp3) is 1.00. The van der Waals surface area contributed by atoms with E-state index in [9.17, 15) is 0 Å². The fourth-order valence-electron chi connectivity index (χ4n) is 4.01. The largest absolute Gasteiger partial charge is 0.319 e. The number of unbranched alkanes of at least 4 members (excludes halogenated alkanes) is 1. The summed E-state index contributed by atoms with van der Waals surface area (Å²) in [6.07, 6.45) is 9.60. The van der Waals surface area contributed by atoms with Gasteiger partial charge in [0.1, 0.15) is 0 Å². The van der Waals surface area contributed by atoms with Crippen LogP contribution in [-0.2, 0) is 0 Å². The number of rotatable bonds is 9. The third-order valence-electron chi connectivity index (χ3n) is 5.29. The first-order valence-electron chi connectivity index (χ1n) is 8.95. The van der Waals surface area contributed by atoms with Crippen molar-refractivity contribution in [2.24, 2.45) is 11.3 Å². The molecule has 1 fully saturated rings. The quantitative estimate of drug-likeness (QED) is 0.678. The molecule has 0 spiro atoms. The highest BCUT2D eigenvalue weighted by atomic mass is 15.2. The second kappa shape index (κ2) is 9.04. The van der Waals surface area contributed by atoms with Crippen molar-refractivity contribution in [3.05, 3.63) is 0 Å². The molecule has 120 valence electrons. The van der Waals surface area contributed by atoms with Gasteiger partial charge in [0.15, 0.2) is 0 Å². The first-order chi connectivity index (χ1) is 9.56. The summed E-state index contributed by atoms with van der Waals surface area (Å²) in [4.78, 5) is 2.78. The Hall–Kier alpha value is -0.0800. The van der Waals surface area contributed by atoms with E-state index in [0.29, 0.717) is 5.41 Å². The van der Waals surface area contributed by atoms with Crippen molar-refractivity contribution in [1.82, 2.24) is 10.2 Å². The highest BCUT2D eigenvalue weighted by Gasteiger charge is 2.36. The Bertz CT molecular complexity index is 250. The van der Waals surface area contributed by atoms with Crippen molar-refractivity contribution in [2.75, 3.05) is 26.7 Å². The molecular weight excluding hydrogens is 244 g/mol. The Labute approximate surface area is 127 Å². The molecular formula is C18H38N2. The van der Waals surface area contributed by atoms with Crippen molar-refractivity contribution in [2.45, 2.75) is 78.7 Å². The van der Waals surface area contributed by atoms with E-state index in [4.69, 9.17) is 0 Å². The summed E-state index contributed by atoms with van der Waals surface area (Å²) in [5.74, 6) is 0.905. The zero-order valence-electron chi connectivity index (χ0n) is 14.7. The minimum atomic E-state index is 0.517. The van der Waals surface area contributed by atoms with Gasteiger partial charge in [-0.25, -0.2) is 0 Å². The first kappa shape index (κ1) is 18.0. The summed E-state index contributed by atoms with van der Waals surface area (Å²) in [5, 5.41) is 3.49. The molecule has 2 nitrogen and oxygen atoms in total. The van der Waals surface area contributed by atoms with Gasteiger partial charge in [0.05, 0.1) is 0 Å². The van der Waals surface area contributed by atoms with E-state index >= 15 is 0 Å². The predicted molar refractivity (Wildman–Crippen MR) is 90.2 cm³/mol. The molecule has 1 N–H and O–H groups in total. The van der Waals surface area contributed by atoms with Crippen molar-refractivity contribution in [3.8, 4) is 0 Å². The van der Waals surface area contributed by atoms with E-state index in [1.54, 1.807) is 0 Å². The lowest BCUT2D eigenvalue weighted by atomic mass is 9.69. The Morgan fingerprint density at radius 2 is 2.10 bits per heavy atom. The van der Waals surface area contributed by atoms with Gasteiger partial charge in [0.2, 0.25) is 0 Å². The standard InChI is InChI=1S/C18H38N2/c1-6-8-12-20(17(4)7-2)15-18(14-19-5)11-9-10-16(3)13-18/h16-17,19H,6-15H2,1-5H3. The minimum Gasteiger partial charge on any atom is -0.319 e. The normalized spacial score (nSPS) is 28.8. The maximum atomic E-state index is 3.49. The first-order valence-corrected chi connectivity index (χ1v) is 8.95. The smallest absolute Gasteiger partial charge is 0.00645 e. The lowest BCUT2D eigenvalue weighted by Crippen LogP contribution is -2.48. The van der Waals surface area contributed by atoms with Crippen LogP contribution in [0, 0.1) is 11.3 Å². The molecule has 0 bridgehead atoms. The number of nitrogens with one attached hydrogen (secondary N) is 1. The lowest BCUT2D eigenvalue weighted by molar-refractivity contribution is 0.0607. The van der Waals surface area contributed by atoms with E-state index in [1.807, 2.05) is 0 Å². The van der Waals surface area contributed by atoms with Gasteiger partial charge in [-0.1, -0.05) is 40.0 Å². The number of hydrogen-bond donors (Lipinski definition) is 1. The van der Waals surface area contributed by atoms with Crippen molar-refractivity contribution < 1.29 is 0 Å². The molecule has 0 amide bonds. The predicted octanol–water partition coefficient (Wildman–Crippen LogP) is 4.30. The van der Waals surface area contributed by atoms with Gasteiger partial charge >= 0.3 is 0 Å². The van der Waals surface area contributed by atoms with Crippen molar-refractivity contribution >= 4 is 0 Å². The molecule has 20 heavy (non-hydrogen) atoms. The Kier molecular flexibility index (Phi) is 8.13. The number of hydrogen-bond acceptors (Lipinski definition) is 2. The SMILES string of the molecule is CCCCN(CC1(CNC)CCCC(C)C1)C(C)CC. The molecule has 2 heteroatoms. The second-order valence-electron chi connectivity index (χ2n) is 7.31. The average molecular weight is 283 g/mol. The minimum absolute atomic E-state index is 0.517. The van der Waals surface area contributed by atoms with Crippen LogP contribution in [0.3, 0.4) is 0 Å². The van der Waals surface area contributed by atoms with Gasteiger partial charge in [-0.2, -0.15) is 0 Å². The molecule has 0 aliphatic heterocycles. The van der Waals surface area contributed by atoms with Gasteiger partial charge in [0.25, 0.3) is 0 Å². The van der Waals surface area contributed by atoms with Crippen molar-refractivity contribution in [1.29, 1.82) is 0 Å². The van der Waals surface area contributed by atoms with E-state index in [1.165, 1.54) is 64.6 Å². The molecule has 0 heterocycles. The van der Waals surface area contributed by atoms with E-state index < -0.39 is 0 Å². The Morgan fingerprint density at radius 3 is 2.65 bits per heavy atom. The molecule has 0 radical (unpaired) electrons. The van der Waals surface area contributed by atoms with Gasteiger partial charge in [0, 0.05) is 19.1 Å². The van der Waals surface area contributed by atoms with Crippen LogP contribution >= 0.6 is 0 Å². The summed E-state index contributed by atoms with van der Waals surface area (Å²) >= 11 is 0. The maximum Gasteiger partial charge on any atom is 0.00645 e. The number of nitrogens with zero attached hydrogens (tertiary/aromatic N) is 1. The van der Waals surface area contributed by atoms with Crippen LogP contribution in [0.15, 0.2) is 0 Å². The third kappa shape index (κ3) is 5.37. The van der Waals surface area contributed by atoms with E-state index in [-0.39, 0.29) is 0 Å². The average Bonchev–Trinajstić information content (AvgIpc) is 2.43. The van der Waals surface area contributed by atoms with Gasteiger partial charge in [-0.3, -0.25) is 0 Å². The molecule has 1 rings (SSSR count). The summed E-state index contributed by atoms with van der Waals surface area (Å²) < 4.78 is 0. The summed E-state index contributed by atoms with van der Waals surface area (Å²) in [7, 11) is 2.13. The van der Waals surface area contributed by atoms with Crippen LogP contribution < -0.4 is 5.32 Å². The molecule has 1 aliphatic carbocycles. The molecule has 0 aromatic rings. The molecule has 0 aromatic heterocycles. The lowest BCUT2D eigenvalue weighted by Gasteiger charge is -2.45. The second-order valence-corrected chi connectivity index (χ2v) is 7.31. The molecule has 1 aliphatic rings. The Balaban J connectivity index is 2.73. The highest BCUT2D eigenvalue weighted by molar-refractivity contribution is 4.90. The van der Waals surface area contributed by atoms with Gasteiger partial charge in [-0.05, 0) is 57.5 Å². The Morgan fingerprint density at radius 1 is 1.35 bits per heavy atom. The van der Waals surface area contributed by atoms with Crippen LogP contribution in [0.4, 0.5) is 0 Å². The topological polar surface area (TPSA) is 15.3 Å². The van der Waals surface area contributed by atoms with Gasteiger partial charge in [-0.15, -0.1) is 0 Å². The summed E-state index contributed by atoms with van der Waals surface area (Å²) in [6, 6.07) is 0.729. The molecule has 3 atom stereocenters. The molecule has 3 unspecified atom stereocenters.